The highest BCUT2D eigenvalue weighted by Gasteiger charge is 2.19. The molecule has 0 amide bonds. The van der Waals surface area contributed by atoms with Crippen molar-refractivity contribution in [2.24, 2.45) is 0 Å². The van der Waals surface area contributed by atoms with Gasteiger partial charge in [-0.3, -0.25) is 0 Å². The number of fused-ring (bicyclic) bond motifs is 1. The van der Waals surface area contributed by atoms with E-state index in [1.807, 2.05) is 0 Å². The normalized spacial score (nSPS) is 12.1. The van der Waals surface area contributed by atoms with Gasteiger partial charge in [-0.1, -0.05) is 11.2 Å². The van der Waals surface area contributed by atoms with Gasteiger partial charge in [-0.25, -0.2) is 13.1 Å². The van der Waals surface area contributed by atoms with Crippen molar-refractivity contribution in [1.82, 2.24) is 18.6 Å². The fourth-order valence-corrected chi connectivity index (χ4v) is 3.51. The van der Waals surface area contributed by atoms with E-state index in [1.165, 1.54) is 12.3 Å². The van der Waals surface area contributed by atoms with Crippen molar-refractivity contribution in [2.75, 3.05) is 0 Å². The minimum absolute atomic E-state index is 0.117. The number of aromatic nitrogens is 3. The zero-order valence-corrected chi connectivity index (χ0v) is 12.0. The molecule has 1 N–H and O–H groups in total. The molecule has 0 saturated carbocycles. The summed E-state index contributed by atoms with van der Waals surface area (Å²) in [5.74, 6) is 0.584. The van der Waals surface area contributed by atoms with Gasteiger partial charge in [0.2, 0.25) is 10.0 Å². The summed E-state index contributed by atoms with van der Waals surface area (Å²) in [5, 5.41) is 3.61. The molecule has 1 aromatic carbocycles. The first-order chi connectivity index (χ1) is 9.58. The van der Waals surface area contributed by atoms with Crippen molar-refractivity contribution in [2.45, 2.75) is 18.4 Å². The second-order valence-electron chi connectivity index (χ2n) is 4.12. The Hall–Kier alpha value is -1.84. The van der Waals surface area contributed by atoms with Crippen LogP contribution >= 0.6 is 11.7 Å². The third-order valence-electron chi connectivity index (χ3n) is 2.84. The predicted molar refractivity (Wildman–Crippen MR) is 72.7 cm³/mol. The number of benzene rings is 1. The van der Waals surface area contributed by atoms with Gasteiger partial charge in [0.15, 0.2) is 0 Å². The van der Waals surface area contributed by atoms with E-state index < -0.39 is 10.0 Å². The lowest BCUT2D eigenvalue weighted by Crippen LogP contribution is -2.23. The van der Waals surface area contributed by atoms with Gasteiger partial charge >= 0.3 is 0 Å². The molecule has 9 heteroatoms. The van der Waals surface area contributed by atoms with Crippen molar-refractivity contribution >= 4 is 32.8 Å². The van der Waals surface area contributed by atoms with Crippen LogP contribution in [0.5, 0.6) is 0 Å². The van der Waals surface area contributed by atoms with Crippen LogP contribution in [0.1, 0.15) is 11.3 Å². The van der Waals surface area contributed by atoms with E-state index in [4.69, 9.17) is 4.52 Å². The van der Waals surface area contributed by atoms with Crippen LogP contribution in [0.3, 0.4) is 0 Å². The first-order valence-electron chi connectivity index (χ1n) is 5.69. The van der Waals surface area contributed by atoms with Gasteiger partial charge in [0.25, 0.3) is 0 Å². The number of sulfonamides is 1. The van der Waals surface area contributed by atoms with Gasteiger partial charge in [-0.15, -0.1) is 0 Å². The Labute approximate surface area is 119 Å². The molecule has 20 heavy (non-hydrogen) atoms. The summed E-state index contributed by atoms with van der Waals surface area (Å²) >= 11 is 0.984. The van der Waals surface area contributed by atoms with Crippen LogP contribution in [0.2, 0.25) is 0 Å². The lowest BCUT2D eigenvalue weighted by molar-refractivity contribution is 0.396. The van der Waals surface area contributed by atoms with Crippen LogP contribution in [-0.4, -0.2) is 22.3 Å². The maximum Gasteiger partial charge on any atom is 0.243 e. The van der Waals surface area contributed by atoms with E-state index in [2.05, 4.69) is 18.6 Å². The number of hydrogen-bond donors (Lipinski definition) is 1. The van der Waals surface area contributed by atoms with Crippen molar-refractivity contribution < 1.29 is 12.9 Å². The Morgan fingerprint density at radius 1 is 1.35 bits per heavy atom. The van der Waals surface area contributed by atoms with Crippen molar-refractivity contribution in [3.05, 3.63) is 35.7 Å². The molecule has 0 aliphatic rings. The highest BCUT2D eigenvalue weighted by Crippen LogP contribution is 2.21. The third kappa shape index (κ3) is 2.30. The van der Waals surface area contributed by atoms with E-state index in [0.29, 0.717) is 22.4 Å². The molecule has 0 aliphatic heterocycles. The highest BCUT2D eigenvalue weighted by atomic mass is 32.2. The van der Waals surface area contributed by atoms with E-state index >= 15 is 0 Å². The van der Waals surface area contributed by atoms with Gasteiger partial charge in [0.1, 0.15) is 21.7 Å². The molecule has 2 heterocycles. The third-order valence-corrected chi connectivity index (χ3v) is 4.82. The molecule has 0 atom stereocenters. The van der Waals surface area contributed by atoms with E-state index in [0.717, 1.165) is 11.7 Å². The molecule has 0 bridgehead atoms. The highest BCUT2D eigenvalue weighted by molar-refractivity contribution is 7.89. The summed E-state index contributed by atoms with van der Waals surface area (Å²) in [6, 6.07) is 4.87. The van der Waals surface area contributed by atoms with Gasteiger partial charge in [0.05, 0.1) is 17.9 Å². The van der Waals surface area contributed by atoms with Crippen LogP contribution in [0.15, 0.2) is 33.8 Å². The molecular formula is C11H10N4O3S2. The zero-order valence-electron chi connectivity index (χ0n) is 10.4. The SMILES string of the molecule is Cc1oncc1CNS(=O)(=O)c1cccc2nsnc12. The fraction of sp³-hybridized carbons (Fsp3) is 0.182. The lowest BCUT2D eigenvalue weighted by atomic mass is 10.3. The van der Waals surface area contributed by atoms with Gasteiger partial charge < -0.3 is 4.52 Å². The summed E-state index contributed by atoms with van der Waals surface area (Å²) in [6.45, 7) is 1.84. The van der Waals surface area contributed by atoms with Gasteiger partial charge in [-0.2, -0.15) is 8.75 Å². The Morgan fingerprint density at radius 2 is 2.20 bits per heavy atom. The van der Waals surface area contributed by atoms with Gasteiger partial charge in [-0.05, 0) is 19.1 Å². The largest absolute Gasteiger partial charge is 0.361 e. The first kappa shape index (κ1) is 13.2. The molecule has 0 saturated heterocycles. The van der Waals surface area contributed by atoms with Crippen LogP contribution in [-0.2, 0) is 16.6 Å². The molecule has 0 fully saturated rings. The van der Waals surface area contributed by atoms with Crippen LogP contribution < -0.4 is 4.72 Å². The molecule has 104 valence electrons. The monoisotopic (exact) mass is 310 g/mol. The maximum atomic E-state index is 12.3. The minimum Gasteiger partial charge on any atom is -0.361 e. The molecule has 2 aromatic heterocycles. The summed E-state index contributed by atoms with van der Waals surface area (Å²) in [5.41, 5.74) is 1.64. The standard InChI is InChI=1S/C11H10N4O3S2/c1-7-8(5-12-18-7)6-13-20(16,17)10-4-2-3-9-11(10)15-19-14-9/h2-5,13H,6H2,1H3. The Balaban J connectivity index is 1.92. The van der Waals surface area contributed by atoms with Gasteiger partial charge in [0, 0.05) is 12.1 Å². The summed E-state index contributed by atoms with van der Waals surface area (Å²) in [4.78, 5) is 0.123. The molecule has 0 unspecified atom stereocenters. The van der Waals surface area contributed by atoms with Crippen LogP contribution in [0.4, 0.5) is 0 Å². The molecule has 3 aromatic rings. The summed E-state index contributed by atoms with van der Waals surface area (Å²) < 4.78 is 40.1. The summed E-state index contributed by atoms with van der Waals surface area (Å²) in [6.07, 6.45) is 1.49. The van der Waals surface area contributed by atoms with Crippen LogP contribution in [0.25, 0.3) is 11.0 Å². The number of rotatable bonds is 4. The number of aryl methyl sites for hydroxylation is 1. The summed E-state index contributed by atoms with van der Waals surface area (Å²) in [7, 11) is -3.66. The second kappa shape index (κ2) is 4.93. The maximum absolute atomic E-state index is 12.3. The minimum atomic E-state index is -3.66. The van der Waals surface area contributed by atoms with Crippen LogP contribution in [0, 0.1) is 6.92 Å². The van der Waals surface area contributed by atoms with E-state index in [1.54, 1.807) is 19.1 Å². The molecule has 0 spiro atoms. The average molecular weight is 310 g/mol. The van der Waals surface area contributed by atoms with Crippen molar-refractivity contribution in [3.63, 3.8) is 0 Å². The quantitative estimate of drug-likeness (QED) is 0.783. The van der Waals surface area contributed by atoms with Crippen molar-refractivity contribution in [1.29, 1.82) is 0 Å². The zero-order chi connectivity index (χ0) is 14.2. The second-order valence-corrected chi connectivity index (χ2v) is 6.38. The number of nitrogens with zero attached hydrogens (tertiary/aromatic N) is 3. The fourth-order valence-electron chi connectivity index (χ4n) is 1.74. The topological polar surface area (TPSA) is 98.0 Å². The first-order valence-corrected chi connectivity index (χ1v) is 7.90. The van der Waals surface area contributed by atoms with E-state index in [-0.39, 0.29) is 11.4 Å². The number of hydrogen-bond acceptors (Lipinski definition) is 7. The van der Waals surface area contributed by atoms with Crippen molar-refractivity contribution in [3.8, 4) is 0 Å². The number of nitrogens with one attached hydrogen (secondary N) is 1. The molecular weight excluding hydrogens is 300 g/mol. The molecule has 0 radical (unpaired) electrons. The Bertz CT molecular complexity index is 853. The molecule has 3 rings (SSSR count). The smallest absolute Gasteiger partial charge is 0.243 e. The predicted octanol–water partition coefficient (Wildman–Crippen LogP) is 1.47. The lowest BCUT2D eigenvalue weighted by Gasteiger charge is -2.06. The Kier molecular flexibility index (Phi) is 3.24. The molecule has 7 nitrogen and oxygen atoms in total. The van der Waals surface area contributed by atoms with E-state index in [9.17, 15) is 8.42 Å². The Morgan fingerprint density at radius 3 is 2.95 bits per heavy atom. The average Bonchev–Trinajstić information content (AvgIpc) is 3.04. The molecule has 0 aliphatic carbocycles.